The Morgan fingerprint density at radius 3 is 2.71 bits per heavy atom. The van der Waals surface area contributed by atoms with Crippen LogP contribution in [0.25, 0.3) is 0 Å². The van der Waals surface area contributed by atoms with Crippen LogP contribution < -0.4 is 11.1 Å². The molecule has 2 rings (SSSR count). The van der Waals surface area contributed by atoms with Crippen LogP contribution in [0.2, 0.25) is 0 Å². The predicted octanol–water partition coefficient (Wildman–Crippen LogP) is 2.58. The minimum atomic E-state index is -0.211. The van der Waals surface area contributed by atoms with Gasteiger partial charge in [0.25, 0.3) is 0 Å². The Morgan fingerprint density at radius 1 is 1.36 bits per heavy atom. The molecule has 1 amide bonds. The lowest BCUT2D eigenvalue weighted by atomic mass is 9.95. The quantitative estimate of drug-likeness (QED) is 0.531. The highest BCUT2D eigenvalue weighted by atomic mass is 16.1. The molecule has 0 bridgehead atoms. The van der Waals surface area contributed by atoms with Gasteiger partial charge >= 0.3 is 0 Å². The number of nitrogens with zero attached hydrogens (tertiary/aromatic N) is 3. The highest BCUT2D eigenvalue weighted by Gasteiger charge is 2.23. The average Bonchev–Trinajstić information content (AvgIpc) is 2.65. The molecule has 156 valence electrons. The maximum absolute atomic E-state index is 11.3. The molecule has 1 saturated heterocycles. The third-order valence-corrected chi connectivity index (χ3v) is 5.46. The molecule has 28 heavy (non-hydrogen) atoms. The molecule has 1 fully saturated rings. The molecular formula is C22H37N5O. The van der Waals surface area contributed by atoms with Gasteiger partial charge in [0.1, 0.15) is 0 Å². The normalized spacial score (nSPS) is 18.0. The molecule has 1 aromatic carbocycles. The zero-order valence-corrected chi connectivity index (χ0v) is 17.9. The van der Waals surface area contributed by atoms with E-state index in [1.165, 1.54) is 11.1 Å². The number of carbonyl (C=O) groups is 1. The van der Waals surface area contributed by atoms with E-state index in [4.69, 9.17) is 10.7 Å². The summed E-state index contributed by atoms with van der Waals surface area (Å²) >= 11 is 0. The molecule has 0 saturated carbocycles. The minimum Gasteiger partial charge on any atom is -0.370 e. The summed E-state index contributed by atoms with van der Waals surface area (Å²) in [5.41, 5.74) is 7.99. The molecule has 0 aliphatic carbocycles. The van der Waals surface area contributed by atoms with Gasteiger partial charge in [0, 0.05) is 38.6 Å². The molecule has 3 N–H and O–H groups in total. The first-order valence-corrected chi connectivity index (χ1v) is 10.5. The third kappa shape index (κ3) is 6.82. The zero-order valence-electron chi connectivity index (χ0n) is 17.9. The Morgan fingerprint density at radius 2 is 2.07 bits per heavy atom. The van der Waals surface area contributed by atoms with Crippen LogP contribution >= 0.6 is 0 Å². The first-order chi connectivity index (χ1) is 13.4. The zero-order chi connectivity index (χ0) is 20.5. The van der Waals surface area contributed by atoms with E-state index in [2.05, 4.69) is 67.2 Å². The summed E-state index contributed by atoms with van der Waals surface area (Å²) in [5.74, 6) is 1.04. The van der Waals surface area contributed by atoms with Crippen LogP contribution in [-0.2, 0) is 17.9 Å². The van der Waals surface area contributed by atoms with Gasteiger partial charge in [-0.1, -0.05) is 24.3 Å². The van der Waals surface area contributed by atoms with Crippen LogP contribution in [0.3, 0.4) is 0 Å². The number of carbonyl (C=O) groups excluding carboxylic acids is 1. The van der Waals surface area contributed by atoms with Crippen LogP contribution in [0.1, 0.15) is 51.2 Å². The molecule has 0 spiro atoms. The van der Waals surface area contributed by atoms with Crippen LogP contribution in [0.15, 0.2) is 29.3 Å². The van der Waals surface area contributed by atoms with Gasteiger partial charge in [0.2, 0.25) is 5.91 Å². The van der Waals surface area contributed by atoms with Crippen LogP contribution in [-0.4, -0.2) is 54.4 Å². The third-order valence-electron chi connectivity index (χ3n) is 5.46. The van der Waals surface area contributed by atoms with E-state index < -0.39 is 0 Å². The first-order valence-electron chi connectivity index (χ1n) is 10.5. The van der Waals surface area contributed by atoms with E-state index in [-0.39, 0.29) is 5.91 Å². The van der Waals surface area contributed by atoms with Gasteiger partial charge < -0.3 is 16.0 Å². The Bertz CT molecular complexity index is 658. The number of nitrogens with two attached hydrogens (primary N) is 1. The molecule has 1 unspecified atom stereocenters. The summed E-state index contributed by atoms with van der Waals surface area (Å²) in [6.07, 6.45) is 2.58. The van der Waals surface area contributed by atoms with Crippen molar-refractivity contribution < 1.29 is 4.79 Å². The maximum atomic E-state index is 11.3. The van der Waals surface area contributed by atoms with Crippen molar-refractivity contribution in [2.45, 2.75) is 59.2 Å². The van der Waals surface area contributed by atoms with Gasteiger partial charge in [-0.15, -0.1) is 0 Å². The van der Waals surface area contributed by atoms with Crippen LogP contribution in [0.5, 0.6) is 0 Å². The van der Waals surface area contributed by atoms with E-state index in [9.17, 15) is 4.79 Å². The molecule has 1 heterocycles. The monoisotopic (exact) mass is 387 g/mol. The SMILES string of the molecule is CCNC(=NCc1ccccc1CN(C)C(C)C)N1CCCC(CC(N)=O)C1. The number of guanidine groups is 1. The topological polar surface area (TPSA) is 74.0 Å². The lowest BCUT2D eigenvalue weighted by molar-refractivity contribution is -0.119. The van der Waals surface area contributed by atoms with Gasteiger partial charge in [-0.25, -0.2) is 4.99 Å². The number of piperidine rings is 1. The fourth-order valence-electron chi connectivity index (χ4n) is 3.61. The van der Waals surface area contributed by atoms with Gasteiger partial charge in [0.15, 0.2) is 5.96 Å². The van der Waals surface area contributed by atoms with E-state index in [1.54, 1.807) is 0 Å². The Kier molecular flexibility index (Phi) is 8.77. The Labute approximate surface area is 170 Å². The summed E-state index contributed by atoms with van der Waals surface area (Å²) in [5, 5.41) is 3.42. The van der Waals surface area contributed by atoms with Gasteiger partial charge in [0.05, 0.1) is 6.54 Å². The van der Waals surface area contributed by atoms with Crippen molar-refractivity contribution in [3.8, 4) is 0 Å². The number of rotatable bonds is 8. The number of nitrogens with one attached hydrogen (secondary N) is 1. The second kappa shape index (κ2) is 11.1. The van der Waals surface area contributed by atoms with Gasteiger partial charge in [-0.2, -0.15) is 0 Å². The minimum absolute atomic E-state index is 0.211. The standard InChI is InChI=1S/C22H37N5O/c1-5-24-22(27-12-8-9-18(15-27)13-21(23)28)25-14-19-10-6-7-11-20(19)16-26(4)17(2)3/h6-7,10-11,17-18H,5,8-9,12-16H2,1-4H3,(H2,23,28)(H,24,25). The number of likely N-dealkylation sites (tertiary alicyclic amines) is 1. The molecule has 1 aliphatic heterocycles. The Balaban J connectivity index is 2.11. The number of hydrogen-bond donors (Lipinski definition) is 2. The summed E-state index contributed by atoms with van der Waals surface area (Å²) in [7, 11) is 2.15. The van der Waals surface area contributed by atoms with E-state index in [0.29, 0.717) is 24.9 Å². The first kappa shape index (κ1) is 22.2. The molecule has 1 aromatic rings. The fourth-order valence-corrected chi connectivity index (χ4v) is 3.61. The molecule has 0 aromatic heterocycles. The number of primary amides is 1. The molecule has 1 atom stereocenters. The highest BCUT2D eigenvalue weighted by molar-refractivity contribution is 5.80. The number of aliphatic imine (C=N–C) groups is 1. The van der Waals surface area contributed by atoms with Crippen molar-refractivity contribution in [1.82, 2.24) is 15.1 Å². The summed E-state index contributed by atoms with van der Waals surface area (Å²) in [6.45, 7) is 10.7. The largest absolute Gasteiger partial charge is 0.370 e. The van der Waals surface area contributed by atoms with Crippen molar-refractivity contribution in [2.75, 3.05) is 26.7 Å². The number of amides is 1. The highest BCUT2D eigenvalue weighted by Crippen LogP contribution is 2.20. The molecule has 0 radical (unpaired) electrons. The summed E-state index contributed by atoms with van der Waals surface area (Å²) in [4.78, 5) is 20.9. The predicted molar refractivity (Wildman–Crippen MR) is 116 cm³/mol. The summed E-state index contributed by atoms with van der Waals surface area (Å²) < 4.78 is 0. The number of hydrogen-bond acceptors (Lipinski definition) is 3. The lowest BCUT2D eigenvalue weighted by Gasteiger charge is -2.34. The summed E-state index contributed by atoms with van der Waals surface area (Å²) in [6, 6.07) is 9.05. The van der Waals surface area contributed by atoms with Gasteiger partial charge in [-0.3, -0.25) is 9.69 Å². The second-order valence-electron chi connectivity index (χ2n) is 8.07. The smallest absolute Gasteiger partial charge is 0.217 e. The lowest BCUT2D eigenvalue weighted by Crippen LogP contribution is -2.47. The van der Waals surface area contributed by atoms with Crippen molar-refractivity contribution in [2.24, 2.45) is 16.6 Å². The van der Waals surface area contributed by atoms with E-state index in [0.717, 1.165) is 45.0 Å². The van der Waals surface area contributed by atoms with Crippen LogP contribution in [0, 0.1) is 5.92 Å². The van der Waals surface area contributed by atoms with Crippen molar-refractivity contribution in [3.63, 3.8) is 0 Å². The fraction of sp³-hybridized carbons (Fsp3) is 0.636. The van der Waals surface area contributed by atoms with Gasteiger partial charge in [-0.05, 0) is 57.7 Å². The van der Waals surface area contributed by atoms with Crippen molar-refractivity contribution >= 4 is 11.9 Å². The van der Waals surface area contributed by atoms with E-state index in [1.807, 2.05) is 0 Å². The molecule has 6 nitrogen and oxygen atoms in total. The van der Waals surface area contributed by atoms with E-state index >= 15 is 0 Å². The average molecular weight is 388 g/mol. The number of benzene rings is 1. The maximum Gasteiger partial charge on any atom is 0.217 e. The van der Waals surface area contributed by atoms with Crippen LogP contribution in [0.4, 0.5) is 0 Å². The molecule has 1 aliphatic rings. The Hall–Kier alpha value is -2.08. The second-order valence-corrected chi connectivity index (χ2v) is 8.07. The van der Waals surface area contributed by atoms with Crippen molar-refractivity contribution in [1.29, 1.82) is 0 Å². The molecule has 6 heteroatoms. The van der Waals surface area contributed by atoms with Crippen molar-refractivity contribution in [3.05, 3.63) is 35.4 Å². The molecular weight excluding hydrogens is 350 g/mol.